The van der Waals surface area contributed by atoms with E-state index >= 15 is 0 Å². The molecule has 4 heterocycles. The molecule has 0 spiro atoms. The maximum absolute atomic E-state index is 13.5. The Labute approximate surface area is 213 Å². The quantitative estimate of drug-likeness (QED) is 0.292. The number of carbonyl (C=O) groups excluding carboxylic acids is 1. The van der Waals surface area contributed by atoms with Gasteiger partial charge in [0.25, 0.3) is 5.91 Å². The van der Waals surface area contributed by atoms with Gasteiger partial charge in [-0.2, -0.15) is 5.10 Å². The summed E-state index contributed by atoms with van der Waals surface area (Å²) in [6.45, 7) is 5.16. The number of hydrazine groups is 1. The summed E-state index contributed by atoms with van der Waals surface area (Å²) in [5.41, 5.74) is 15.2. The van der Waals surface area contributed by atoms with E-state index in [0.717, 1.165) is 13.0 Å². The number of imidazole rings is 1. The molecule has 0 bridgehead atoms. The van der Waals surface area contributed by atoms with Crippen LogP contribution in [0, 0.1) is 11.8 Å². The van der Waals surface area contributed by atoms with Crippen LogP contribution in [0.2, 0.25) is 0 Å². The van der Waals surface area contributed by atoms with Crippen molar-refractivity contribution in [1.82, 2.24) is 35.8 Å². The molecule has 36 heavy (non-hydrogen) atoms. The molecule has 12 heteroatoms. The zero-order valence-electron chi connectivity index (χ0n) is 20.2. The van der Waals surface area contributed by atoms with Crippen molar-refractivity contribution in [2.24, 2.45) is 11.8 Å². The molecule has 1 saturated heterocycles. The van der Waals surface area contributed by atoms with E-state index in [-0.39, 0.29) is 59.4 Å². The number of nitrogens with zero attached hydrogens (tertiary/aromatic N) is 4. The highest BCUT2D eigenvalue weighted by molar-refractivity contribution is 6.21. The highest BCUT2D eigenvalue weighted by atomic mass is 35.5. The molecule has 1 aliphatic heterocycles. The summed E-state index contributed by atoms with van der Waals surface area (Å²) in [4.78, 5) is 22.0. The first-order chi connectivity index (χ1) is 17.4. The van der Waals surface area contributed by atoms with Crippen molar-refractivity contribution in [2.45, 2.75) is 50.4 Å². The van der Waals surface area contributed by atoms with Crippen molar-refractivity contribution in [2.75, 3.05) is 18.9 Å². The van der Waals surface area contributed by atoms with Crippen LogP contribution in [0.25, 0.3) is 16.9 Å². The maximum Gasteiger partial charge on any atom is 0.274 e. The Balaban J connectivity index is 1.41. The fraction of sp³-hybridized carbons (Fsp3) is 0.500. The molecular formula is C24H31ClN8O3. The summed E-state index contributed by atoms with van der Waals surface area (Å²) in [6.07, 6.45) is 3.85. The van der Waals surface area contributed by atoms with Gasteiger partial charge in [-0.3, -0.25) is 20.6 Å². The molecule has 3 aromatic heterocycles. The van der Waals surface area contributed by atoms with Crippen molar-refractivity contribution in [1.29, 1.82) is 0 Å². The van der Waals surface area contributed by atoms with Gasteiger partial charge >= 0.3 is 0 Å². The molecule has 1 amide bonds. The molecule has 0 aromatic carbocycles. The van der Waals surface area contributed by atoms with Crippen LogP contribution >= 0.6 is 11.6 Å². The number of rotatable bonds is 7. The number of amides is 1. The van der Waals surface area contributed by atoms with Gasteiger partial charge in [0.2, 0.25) is 0 Å². The monoisotopic (exact) mass is 514 g/mol. The summed E-state index contributed by atoms with van der Waals surface area (Å²) in [6, 6.07) is 5.14. The standard InChI is InChI=1S/C24H31ClN8O3/c1-3-36-22-15(7-17(25)16-10-28-31-20(16)22)12(2)29-24(35)21-23(26)30-19-5-4-18(32-33(19)21)14-6-13(11-34)8-27-9-14/h4-6,8-9,12,15-17,20,22,28,31,34H,3,7,10-11,26H2,1-2H3,(H,29,35). The number of hydrogen-bond acceptors (Lipinski definition) is 9. The highest BCUT2D eigenvalue weighted by Crippen LogP contribution is 2.38. The lowest BCUT2D eigenvalue weighted by Crippen LogP contribution is -2.58. The number of nitrogens with one attached hydrogen (secondary N) is 3. The number of pyridine rings is 1. The zero-order valence-corrected chi connectivity index (χ0v) is 20.9. The average Bonchev–Trinajstić information content (AvgIpc) is 3.49. The molecule has 11 nitrogen and oxygen atoms in total. The fourth-order valence-electron chi connectivity index (χ4n) is 5.36. The SMILES string of the molecule is CCOC1C(C(C)NC(=O)c2c(N)nc3ccc(-c4cncc(CO)c4)nn23)CC(Cl)C2CNNC21. The number of nitrogen functional groups attached to an aromatic ring is 1. The first kappa shape index (κ1) is 24.8. The number of alkyl halides is 1. The number of anilines is 1. The van der Waals surface area contributed by atoms with Crippen molar-refractivity contribution in [3.8, 4) is 11.3 Å². The van der Waals surface area contributed by atoms with Gasteiger partial charge in [0, 0.05) is 54.4 Å². The first-order valence-electron chi connectivity index (χ1n) is 12.2. The molecule has 3 aromatic rings. The summed E-state index contributed by atoms with van der Waals surface area (Å²) >= 11 is 6.75. The van der Waals surface area contributed by atoms with E-state index in [1.54, 1.807) is 30.6 Å². The van der Waals surface area contributed by atoms with E-state index in [4.69, 9.17) is 22.1 Å². The van der Waals surface area contributed by atoms with E-state index in [2.05, 4.69) is 31.2 Å². The van der Waals surface area contributed by atoms with Crippen molar-refractivity contribution in [3.63, 3.8) is 0 Å². The number of aliphatic hydroxyl groups is 1. The number of aromatic nitrogens is 4. The summed E-state index contributed by atoms with van der Waals surface area (Å²) in [5.74, 6) is -0.0200. The van der Waals surface area contributed by atoms with E-state index in [1.807, 2.05) is 13.8 Å². The molecule has 5 rings (SSSR count). The minimum atomic E-state index is -0.375. The van der Waals surface area contributed by atoms with Gasteiger partial charge < -0.3 is 20.9 Å². The van der Waals surface area contributed by atoms with E-state index in [1.165, 1.54) is 4.52 Å². The Morgan fingerprint density at radius 3 is 3.03 bits per heavy atom. The second kappa shape index (κ2) is 10.3. The van der Waals surface area contributed by atoms with E-state index in [0.29, 0.717) is 29.1 Å². The van der Waals surface area contributed by atoms with E-state index < -0.39 is 0 Å². The van der Waals surface area contributed by atoms with Gasteiger partial charge in [0.15, 0.2) is 17.2 Å². The molecule has 192 valence electrons. The molecule has 6 unspecified atom stereocenters. The van der Waals surface area contributed by atoms with Gasteiger partial charge in [-0.1, -0.05) is 0 Å². The third-order valence-electron chi connectivity index (χ3n) is 7.16. The third-order valence-corrected chi connectivity index (χ3v) is 7.66. The summed E-state index contributed by atoms with van der Waals surface area (Å²) < 4.78 is 7.58. The predicted molar refractivity (Wildman–Crippen MR) is 135 cm³/mol. The molecule has 0 radical (unpaired) electrons. The number of fused-ring (bicyclic) bond motifs is 2. The second-order valence-corrected chi connectivity index (χ2v) is 9.95. The van der Waals surface area contributed by atoms with Gasteiger partial charge in [-0.05, 0) is 44.0 Å². The van der Waals surface area contributed by atoms with Crippen molar-refractivity contribution in [3.05, 3.63) is 41.9 Å². The van der Waals surface area contributed by atoms with Gasteiger partial charge in [-0.15, -0.1) is 11.6 Å². The van der Waals surface area contributed by atoms with Crippen LogP contribution in [-0.4, -0.2) is 67.3 Å². The molecule has 6 atom stereocenters. The van der Waals surface area contributed by atoms with Crippen LogP contribution < -0.4 is 21.9 Å². The van der Waals surface area contributed by atoms with Gasteiger partial charge in [-0.25, -0.2) is 9.50 Å². The Bertz CT molecular complexity index is 1250. The number of aliphatic hydroxyl groups excluding tert-OH is 1. The Morgan fingerprint density at radius 1 is 1.42 bits per heavy atom. The molecule has 1 aliphatic carbocycles. The van der Waals surface area contributed by atoms with Crippen LogP contribution in [0.1, 0.15) is 36.3 Å². The minimum Gasteiger partial charge on any atom is -0.392 e. The summed E-state index contributed by atoms with van der Waals surface area (Å²) in [5, 5.41) is 17.1. The minimum absolute atomic E-state index is 0.00118. The number of ether oxygens (including phenoxy) is 1. The zero-order chi connectivity index (χ0) is 25.4. The van der Waals surface area contributed by atoms with Crippen LogP contribution in [-0.2, 0) is 11.3 Å². The Kier molecular flexibility index (Phi) is 7.09. The lowest BCUT2D eigenvalue weighted by molar-refractivity contribution is -0.0422. The maximum atomic E-state index is 13.5. The topological polar surface area (TPSA) is 152 Å². The lowest BCUT2D eigenvalue weighted by Gasteiger charge is -2.44. The normalized spacial score (nSPS) is 26.6. The fourth-order valence-corrected chi connectivity index (χ4v) is 5.82. The van der Waals surface area contributed by atoms with E-state index in [9.17, 15) is 9.90 Å². The van der Waals surface area contributed by atoms with Gasteiger partial charge in [0.1, 0.15) is 0 Å². The smallest absolute Gasteiger partial charge is 0.274 e. The van der Waals surface area contributed by atoms with Crippen LogP contribution in [0.3, 0.4) is 0 Å². The number of nitrogens with two attached hydrogens (primary N) is 1. The number of carbonyl (C=O) groups is 1. The highest BCUT2D eigenvalue weighted by Gasteiger charge is 2.48. The van der Waals surface area contributed by atoms with Crippen LogP contribution in [0.15, 0.2) is 30.6 Å². The number of hydrogen-bond donors (Lipinski definition) is 5. The Hall–Kier alpha value is -2.83. The van der Waals surface area contributed by atoms with Crippen molar-refractivity contribution >= 4 is 29.0 Å². The average molecular weight is 515 g/mol. The molecular weight excluding hydrogens is 484 g/mol. The molecule has 1 saturated carbocycles. The molecule has 2 aliphatic rings. The first-order valence-corrected chi connectivity index (χ1v) is 12.6. The van der Waals surface area contributed by atoms with Crippen LogP contribution in [0.4, 0.5) is 5.82 Å². The largest absolute Gasteiger partial charge is 0.392 e. The lowest BCUT2D eigenvalue weighted by atomic mass is 9.73. The molecule has 2 fully saturated rings. The molecule has 6 N–H and O–H groups in total. The third kappa shape index (κ3) is 4.53. The predicted octanol–water partition coefficient (Wildman–Crippen LogP) is 1.11. The number of halogens is 1. The second-order valence-electron chi connectivity index (χ2n) is 9.39. The van der Waals surface area contributed by atoms with Crippen LogP contribution in [0.5, 0.6) is 0 Å². The summed E-state index contributed by atoms with van der Waals surface area (Å²) in [7, 11) is 0. The van der Waals surface area contributed by atoms with Crippen molar-refractivity contribution < 1.29 is 14.6 Å². The van der Waals surface area contributed by atoms with Gasteiger partial charge in [0.05, 0.1) is 24.4 Å². The Morgan fingerprint density at radius 2 is 2.25 bits per heavy atom.